The van der Waals surface area contributed by atoms with Crippen molar-refractivity contribution in [3.63, 3.8) is 0 Å². The summed E-state index contributed by atoms with van der Waals surface area (Å²) in [5.74, 6) is 1.34. The fourth-order valence-electron chi connectivity index (χ4n) is 1.92. The standard InChI is InChI=1S/C18H37N3O2.HI/c1-14(2)15(3)21-17(19-7)20-13-11-9-8-10-12-16(22)23-18(4,5)6;/h14-15H,8-13H2,1-7H3,(H2,19,20,21);1H. The van der Waals surface area contributed by atoms with Crippen LogP contribution < -0.4 is 10.6 Å². The van der Waals surface area contributed by atoms with Crippen molar-refractivity contribution >= 4 is 35.9 Å². The van der Waals surface area contributed by atoms with Gasteiger partial charge in [0.2, 0.25) is 0 Å². The summed E-state index contributed by atoms with van der Waals surface area (Å²) in [5, 5.41) is 6.72. The fourth-order valence-corrected chi connectivity index (χ4v) is 1.92. The van der Waals surface area contributed by atoms with E-state index in [1.807, 2.05) is 20.8 Å². The molecule has 144 valence electrons. The third kappa shape index (κ3) is 15.0. The number of nitrogens with one attached hydrogen (secondary N) is 2. The van der Waals surface area contributed by atoms with Crippen LogP contribution >= 0.6 is 24.0 Å². The van der Waals surface area contributed by atoms with E-state index in [9.17, 15) is 4.79 Å². The molecule has 0 aromatic carbocycles. The van der Waals surface area contributed by atoms with Crippen LogP contribution in [0.3, 0.4) is 0 Å². The second-order valence-corrected chi connectivity index (χ2v) is 7.43. The topological polar surface area (TPSA) is 62.7 Å². The summed E-state index contributed by atoms with van der Waals surface area (Å²) in [4.78, 5) is 15.8. The predicted octanol–water partition coefficient (Wildman–Crippen LogP) is 4.11. The van der Waals surface area contributed by atoms with Crippen LogP contribution in [0.4, 0.5) is 0 Å². The smallest absolute Gasteiger partial charge is 0.306 e. The maximum absolute atomic E-state index is 11.6. The van der Waals surface area contributed by atoms with Crippen LogP contribution in [0.25, 0.3) is 0 Å². The Bertz CT molecular complexity index is 366. The van der Waals surface area contributed by atoms with Gasteiger partial charge >= 0.3 is 5.97 Å². The summed E-state index contributed by atoms with van der Waals surface area (Å²) in [6, 6.07) is 0.398. The van der Waals surface area contributed by atoms with E-state index >= 15 is 0 Å². The van der Waals surface area contributed by atoms with E-state index in [0.29, 0.717) is 18.4 Å². The third-order valence-corrected chi connectivity index (χ3v) is 3.61. The minimum absolute atomic E-state index is 0. The second kappa shape index (κ2) is 13.7. The Kier molecular flexibility index (Phi) is 14.7. The molecule has 0 aliphatic rings. The molecular weight excluding hydrogens is 417 g/mol. The van der Waals surface area contributed by atoms with E-state index in [-0.39, 0.29) is 35.5 Å². The summed E-state index contributed by atoms with van der Waals surface area (Å²) in [6.07, 6.45) is 4.64. The average Bonchev–Trinajstić information content (AvgIpc) is 2.42. The number of halogens is 1. The molecule has 1 unspecified atom stereocenters. The normalized spacial score (nSPS) is 13.2. The molecule has 0 bridgehead atoms. The summed E-state index contributed by atoms with van der Waals surface area (Å²) in [5.41, 5.74) is -0.378. The zero-order valence-electron chi connectivity index (χ0n) is 16.6. The summed E-state index contributed by atoms with van der Waals surface area (Å²) in [6.45, 7) is 13.1. The molecule has 0 heterocycles. The number of guanidine groups is 1. The number of carbonyl (C=O) groups excluding carboxylic acids is 1. The van der Waals surface area contributed by atoms with E-state index < -0.39 is 0 Å². The number of rotatable bonds is 9. The first kappa shape index (κ1) is 25.7. The van der Waals surface area contributed by atoms with Gasteiger partial charge in [0, 0.05) is 26.1 Å². The van der Waals surface area contributed by atoms with Crippen LogP contribution in [-0.4, -0.2) is 37.2 Å². The molecule has 0 aromatic rings. The molecule has 0 saturated heterocycles. The van der Waals surface area contributed by atoms with Gasteiger partial charge in [0.15, 0.2) is 5.96 Å². The monoisotopic (exact) mass is 455 g/mol. The summed E-state index contributed by atoms with van der Waals surface area (Å²) in [7, 11) is 1.79. The highest BCUT2D eigenvalue weighted by Gasteiger charge is 2.15. The van der Waals surface area contributed by atoms with E-state index in [4.69, 9.17) is 4.74 Å². The zero-order chi connectivity index (χ0) is 17.9. The Morgan fingerprint density at radius 2 is 1.67 bits per heavy atom. The highest BCUT2D eigenvalue weighted by molar-refractivity contribution is 14.0. The largest absolute Gasteiger partial charge is 0.460 e. The first-order chi connectivity index (χ1) is 10.7. The van der Waals surface area contributed by atoms with Crippen molar-refractivity contribution in [1.82, 2.24) is 10.6 Å². The van der Waals surface area contributed by atoms with Crippen LogP contribution in [0.5, 0.6) is 0 Å². The van der Waals surface area contributed by atoms with Gasteiger partial charge in [-0.2, -0.15) is 0 Å². The van der Waals surface area contributed by atoms with Gasteiger partial charge in [-0.1, -0.05) is 26.7 Å². The Balaban J connectivity index is 0. The SMILES string of the molecule is CN=C(NCCCCCCC(=O)OC(C)(C)C)NC(C)C(C)C.I. The molecule has 0 aromatic heterocycles. The van der Waals surface area contributed by atoms with Crippen LogP contribution in [0, 0.1) is 5.92 Å². The molecule has 0 amide bonds. The lowest BCUT2D eigenvalue weighted by atomic mass is 10.1. The molecule has 0 radical (unpaired) electrons. The van der Waals surface area contributed by atoms with Crippen molar-refractivity contribution in [2.75, 3.05) is 13.6 Å². The van der Waals surface area contributed by atoms with Crippen LogP contribution in [0.1, 0.15) is 73.6 Å². The highest BCUT2D eigenvalue weighted by Crippen LogP contribution is 2.11. The fraction of sp³-hybridized carbons (Fsp3) is 0.889. The second-order valence-electron chi connectivity index (χ2n) is 7.43. The zero-order valence-corrected chi connectivity index (χ0v) is 18.9. The van der Waals surface area contributed by atoms with Crippen molar-refractivity contribution in [2.45, 2.75) is 85.3 Å². The molecule has 0 rings (SSSR count). The van der Waals surface area contributed by atoms with E-state index in [0.717, 1.165) is 38.2 Å². The third-order valence-electron chi connectivity index (χ3n) is 3.61. The molecule has 0 fully saturated rings. The summed E-state index contributed by atoms with van der Waals surface area (Å²) >= 11 is 0. The van der Waals surface area contributed by atoms with Gasteiger partial charge in [0.25, 0.3) is 0 Å². The van der Waals surface area contributed by atoms with Gasteiger partial charge in [-0.25, -0.2) is 0 Å². The molecule has 0 spiro atoms. The Morgan fingerprint density at radius 1 is 1.08 bits per heavy atom. The maximum atomic E-state index is 11.6. The first-order valence-corrected chi connectivity index (χ1v) is 8.84. The van der Waals surface area contributed by atoms with Gasteiger partial charge in [-0.3, -0.25) is 9.79 Å². The predicted molar refractivity (Wildman–Crippen MR) is 113 cm³/mol. The average molecular weight is 455 g/mol. The van der Waals surface area contributed by atoms with Crippen LogP contribution in [0.2, 0.25) is 0 Å². The quantitative estimate of drug-likeness (QED) is 0.181. The van der Waals surface area contributed by atoms with Crippen molar-refractivity contribution in [1.29, 1.82) is 0 Å². The van der Waals surface area contributed by atoms with Crippen molar-refractivity contribution in [3.05, 3.63) is 0 Å². The molecule has 0 saturated carbocycles. The Morgan fingerprint density at radius 3 is 2.17 bits per heavy atom. The number of esters is 1. The number of aliphatic imine (C=N–C) groups is 1. The molecule has 5 nitrogen and oxygen atoms in total. The van der Waals surface area contributed by atoms with Gasteiger partial charge < -0.3 is 15.4 Å². The lowest BCUT2D eigenvalue weighted by molar-refractivity contribution is -0.154. The van der Waals surface area contributed by atoms with Gasteiger partial charge in [-0.15, -0.1) is 24.0 Å². The van der Waals surface area contributed by atoms with E-state index in [1.54, 1.807) is 7.05 Å². The van der Waals surface area contributed by atoms with Crippen LogP contribution in [0.15, 0.2) is 4.99 Å². The van der Waals surface area contributed by atoms with Gasteiger partial charge in [0.1, 0.15) is 5.60 Å². The Hall–Kier alpha value is -0.530. The number of hydrogen-bond donors (Lipinski definition) is 2. The van der Waals surface area contributed by atoms with E-state index in [2.05, 4.69) is 36.4 Å². The number of carbonyl (C=O) groups is 1. The lowest BCUT2D eigenvalue weighted by Gasteiger charge is -2.20. The molecule has 2 N–H and O–H groups in total. The van der Waals surface area contributed by atoms with E-state index in [1.165, 1.54) is 0 Å². The summed E-state index contributed by atoms with van der Waals surface area (Å²) < 4.78 is 5.29. The first-order valence-electron chi connectivity index (χ1n) is 8.84. The highest BCUT2D eigenvalue weighted by atomic mass is 127. The van der Waals surface area contributed by atoms with Crippen molar-refractivity contribution in [2.24, 2.45) is 10.9 Å². The van der Waals surface area contributed by atoms with Crippen LogP contribution in [-0.2, 0) is 9.53 Å². The van der Waals surface area contributed by atoms with Crippen molar-refractivity contribution in [3.8, 4) is 0 Å². The minimum Gasteiger partial charge on any atom is -0.460 e. The molecule has 24 heavy (non-hydrogen) atoms. The molecular formula is C18H38IN3O2. The lowest BCUT2D eigenvalue weighted by Crippen LogP contribution is -2.44. The minimum atomic E-state index is -0.378. The number of hydrogen-bond acceptors (Lipinski definition) is 3. The number of nitrogens with zero attached hydrogens (tertiary/aromatic N) is 1. The maximum Gasteiger partial charge on any atom is 0.306 e. The molecule has 0 aliphatic carbocycles. The number of unbranched alkanes of at least 4 members (excludes halogenated alkanes) is 3. The molecule has 6 heteroatoms. The molecule has 1 atom stereocenters. The van der Waals surface area contributed by atoms with Gasteiger partial charge in [-0.05, 0) is 46.5 Å². The Labute approximate surface area is 165 Å². The molecule has 0 aliphatic heterocycles. The van der Waals surface area contributed by atoms with Gasteiger partial charge in [0.05, 0.1) is 0 Å². The van der Waals surface area contributed by atoms with Crippen molar-refractivity contribution < 1.29 is 9.53 Å². The number of ether oxygens (including phenoxy) is 1.